The molecule has 0 aromatic carbocycles. The largest absolute Gasteiger partial charge is 0.338 e. The van der Waals surface area contributed by atoms with Crippen LogP contribution in [0.15, 0.2) is 48.0 Å². The van der Waals surface area contributed by atoms with Gasteiger partial charge >= 0.3 is 0 Å². The number of likely N-dealkylation sites (tertiary alicyclic amines) is 1. The second-order valence-electron chi connectivity index (χ2n) is 7.61. The monoisotopic (exact) mass is 420 g/mol. The first-order chi connectivity index (χ1) is 14.5. The topological polar surface area (TPSA) is 75.2 Å². The average molecular weight is 421 g/mol. The summed E-state index contributed by atoms with van der Waals surface area (Å²) in [5, 5.41) is 4.88. The summed E-state index contributed by atoms with van der Waals surface area (Å²) in [6.07, 6.45) is 3.28. The van der Waals surface area contributed by atoms with Gasteiger partial charge in [-0.05, 0) is 61.9 Å². The SMILES string of the molecule is Cc1ccc(NC(=O)C2CCCN(C(=O)c3ccc(-c4cccs4)nc3C)C2)nc1. The molecule has 7 heteroatoms. The van der Waals surface area contributed by atoms with E-state index in [9.17, 15) is 9.59 Å². The number of piperidine rings is 1. The van der Waals surface area contributed by atoms with Crippen molar-refractivity contribution in [2.24, 2.45) is 5.92 Å². The van der Waals surface area contributed by atoms with Gasteiger partial charge in [-0.2, -0.15) is 0 Å². The first kappa shape index (κ1) is 20.2. The highest BCUT2D eigenvalue weighted by Gasteiger charge is 2.30. The minimum atomic E-state index is -0.246. The fourth-order valence-electron chi connectivity index (χ4n) is 3.66. The zero-order valence-corrected chi connectivity index (χ0v) is 17.9. The molecule has 1 aliphatic rings. The third kappa shape index (κ3) is 4.41. The number of rotatable bonds is 4. The molecule has 1 fully saturated rings. The Morgan fingerprint density at radius 2 is 2.03 bits per heavy atom. The highest BCUT2D eigenvalue weighted by Crippen LogP contribution is 2.25. The van der Waals surface area contributed by atoms with Gasteiger partial charge in [-0.3, -0.25) is 14.6 Å². The molecule has 154 valence electrons. The summed E-state index contributed by atoms with van der Waals surface area (Å²) in [4.78, 5) is 37.5. The quantitative estimate of drug-likeness (QED) is 0.682. The van der Waals surface area contributed by atoms with E-state index >= 15 is 0 Å². The molecule has 1 saturated heterocycles. The molecule has 3 aromatic heterocycles. The molecule has 2 amide bonds. The Labute approximate surface area is 180 Å². The zero-order valence-electron chi connectivity index (χ0n) is 17.1. The minimum Gasteiger partial charge on any atom is -0.338 e. The third-order valence-electron chi connectivity index (χ3n) is 5.33. The summed E-state index contributed by atoms with van der Waals surface area (Å²) in [7, 11) is 0. The van der Waals surface area contributed by atoms with Crippen LogP contribution in [0.2, 0.25) is 0 Å². The zero-order chi connectivity index (χ0) is 21.1. The van der Waals surface area contributed by atoms with Crippen LogP contribution in [0.4, 0.5) is 5.82 Å². The van der Waals surface area contributed by atoms with Crippen molar-refractivity contribution in [3.8, 4) is 10.6 Å². The number of nitrogens with one attached hydrogen (secondary N) is 1. The molecule has 0 radical (unpaired) electrons. The lowest BCUT2D eigenvalue weighted by molar-refractivity contribution is -0.121. The van der Waals surface area contributed by atoms with Gasteiger partial charge in [-0.25, -0.2) is 4.98 Å². The van der Waals surface area contributed by atoms with Crippen molar-refractivity contribution in [2.45, 2.75) is 26.7 Å². The van der Waals surface area contributed by atoms with Gasteiger partial charge in [0.1, 0.15) is 5.82 Å². The molecular weight excluding hydrogens is 396 g/mol. The fraction of sp³-hybridized carbons (Fsp3) is 0.304. The standard InChI is InChI=1S/C23H24N4O2S/c1-15-7-10-21(24-13-15)26-22(28)17-5-3-11-27(14-17)23(29)18-8-9-19(25-16(18)2)20-6-4-12-30-20/h4,6-10,12-13,17H,3,5,11,14H2,1-2H3,(H,24,26,28). The van der Waals surface area contributed by atoms with Crippen molar-refractivity contribution in [2.75, 3.05) is 18.4 Å². The molecule has 1 unspecified atom stereocenters. The molecule has 1 N–H and O–H groups in total. The molecule has 0 bridgehead atoms. The van der Waals surface area contributed by atoms with Gasteiger partial charge in [0.05, 0.1) is 27.7 Å². The molecule has 3 aromatic rings. The smallest absolute Gasteiger partial charge is 0.255 e. The number of carbonyl (C=O) groups is 2. The van der Waals surface area contributed by atoms with Crippen molar-refractivity contribution in [1.82, 2.24) is 14.9 Å². The predicted molar refractivity (Wildman–Crippen MR) is 119 cm³/mol. The first-order valence-electron chi connectivity index (χ1n) is 10.1. The Morgan fingerprint density at radius 1 is 1.17 bits per heavy atom. The summed E-state index contributed by atoms with van der Waals surface area (Å²) < 4.78 is 0. The lowest BCUT2D eigenvalue weighted by atomic mass is 9.96. The number of carbonyl (C=O) groups excluding carboxylic acids is 2. The average Bonchev–Trinajstić information content (AvgIpc) is 3.30. The molecule has 0 aliphatic carbocycles. The Kier molecular flexibility index (Phi) is 5.90. The third-order valence-corrected chi connectivity index (χ3v) is 6.22. The second kappa shape index (κ2) is 8.75. The van der Waals surface area contributed by atoms with Crippen molar-refractivity contribution >= 4 is 29.0 Å². The summed E-state index contributed by atoms with van der Waals surface area (Å²) in [6, 6.07) is 11.5. The van der Waals surface area contributed by atoms with E-state index in [2.05, 4.69) is 15.3 Å². The van der Waals surface area contributed by atoms with E-state index in [4.69, 9.17) is 0 Å². The van der Waals surface area contributed by atoms with Crippen LogP contribution < -0.4 is 5.32 Å². The van der Waals surface area contributed by atoms with E-state index in [0.717, 1.165) is 29.0 Å². The van der Waals surface area contributed by atoms with Crippen molar-refractivity contribution in [3.63, 3.8) is 0 Å². The molecule has 6 nitrogen and oxygen atoms in total. The number of nitrogens with zero attached hydrogens (tertiary/aromatic N) is 3. The number of hydrogen-bond acceptors (Lipinski definition) is 5. The summed E-state index contributed by atoms with van der Waals surface area (Å²) >= 11 is 1.62. The first-order valence-corrected chi connectivity index (χ1v) is 10.9. The van der Waals surface area contributed by atoms with Crippen LogP contribution in [-0.2, 0) is 4.79 Å². The van der Waals surface area contributed by atoms with Crippen LogP contribution in [0, 0.1) is 19.8 Å². The maximum atomic E-state index is 13.1. The molecule has 1 aliphatic heterocycles. The molecule has 4 rings (SSSR count). The molecular formula is C23H24N4O2S. The summed E-state index contributed by atoms with van der Waals surface area (Å²) in [5.41, 5.74) is 3.22. The number of amides is 2. The highest BCUT2D eigenvalue weighted by molar-refractivity contribution is 7.13. The van der Waals surface area contributed by atoms with Gasteiger partial charge < -0.3 is 10.2 Å². The Bertz CT molecular complexity index is 1050. The van der Waals surface area contributed by atoms with Crippen LogP contribution in [-0.4, -0.2) is 39.8 Å². The van der Waals surface area contributed by atoms with Crippen LogP contribution in [0.3, 0.4) is 0 Å². The molecule has 0 spiro atoms. The number of aromatic nitrogens is 2. The number of aryl methyl sites for hydroxylation is 2. The van der Waals surface area contributed by atoms with E-state index in [1.807, 2.05) is 49.6 Å². The van der Waals surface area contributed by atoms with Gasteiger partial charge in [-0.15, -0.1) is 11.3 Å². The summed E-state index contributed by atoms with van der Waals surface area (Å²) in [5.74, 6) is 0.137. The van der Waals surface area contributed by atoms with Crippen LogP contribution in [0.5, 0.6) is 0 Å². The lowest BCUT2D eigenvalue weighted by Gasteiger charge is -2.32. The lowest BCUT2D eigenvalue weighted by Crippen LogP contribution is -2.44. The Hall–Kier alpha value is -3.06. The normalized spacial score (nSPS) is 16.3. The van der Waals surface area contributed by atoms with Gasteiger partial charge in [0.15, 0.2) is 0 Å². The number of anilines is 1. The van der Waals surface area contributed by atoms with Crippen LogP contribution in [0.1, 0.15) is 34.5 Å². The van der Waals surface area contributed by atoms with Crippen molar-refractivity contribution in [1.29, 1.82) is 0 Å². The molecule has 30 heavy (non-hydrogen) atoms. The van der Waals surface area contributed by atoms with Crippen molar-refractivity contribution < 1.29 is 9.59 Å². The molecule has 0 saturated carbocycles. The van der Waals surface area contributed by atoms with Gasteiger partial charge in [0.25, 0.3) is 5.91 Å². The van der Waals surface area contributed by atoms with Crippen molar-refractivity contribution in [3.05, 3.63) is 64.8 Å². The van der Waals surface area contributed by atoms with Crippen LogP contribution in [0.25, 0.3) is 10.6 Å². The Morgan fingerprint density at radius 3 is 2.73 bits per heavy atom. The van der Waals surface area contributed by atoms with Gasteiger partial charge in [0, 0.05) is 19.3 Å². The maximum Gasteiger partial charge on any atom is 0.255 e. The van der Waals surface area contributed by atoms with E-state index in [0.29, 0.717) is 30.2 Å². The fourth-order valence-corrected chi connectivity index (χ4v) is 4.36. The number of pyridine rings is 2. The van der Waals surface area contributed by atoms with E-state index in [-0.39, 0.29) is 17.7 Å². The molecule has 4 heterocycles. The van der Waals surface area contributed by atoms with E-state index < -0.39 is 0 Å². The van der Waals surface area contributed by atoms with Gasteiger partial charge in [0.2, 0.25) is 5.91 Å². The Balaban J connectivity index is 1.44. The van der Waals surface area contributed by atoms with E-state index in [1.54, 1.807) is 28.5 Å². The second-order valence-corrected chi connectivity index (χ2v) is 8.55. The highest BCUT2D eigenvalue weighted by atomic mass is 32.1. The van der Waals surface area contributed by atoms with Gasteiger partial charge in [-0.1, -0.05) is 12.1 Å². The number of hydrogen-bond donors (Lipinski definition) is 1. The van der Waals surface area contributed by atoms with E-state index in [1.165, 1.54) is 0 Å². The summed E-state index contributed by atoms with van der Waals surface area (Å²) in [6.45, 7) is 4.87. The van der Waals surface area contributed by atoms with Crippen LogP contribution >= 0.6 is 11.3 Å². The minimum absolute atomic E-state index is 0.0660. The molecule has 1 atom stereocenters. The number of thiophene rings is 1. The predicted octanol–water partition coefficient (Wildman–Crippen LogP) is 4.31. The maximum absolute atomic E-state index is 13.1.